The van der Waals surface area contributed by atoms with Gasteiger partial charge in [0.15, 0.2) is 5.17 Å². The first-order valence-electron chi connectivity index (χ1n) is 7.55. The van der Waals surface area contributed by atoms with Crippen molar-refractivity contribution < 1.29 is 4.79 Å². The van der Waals surface area contributed by atoms with E-state index < -0.39 is 0 Å². The maximum Gasteiger partial charge on any atom is 0.242 e. The Bertz CT molecular complexity index is 754. The molecule has 1 atom stereocenters. The number of rotatable bonds is 6. The lowest BCUT2D eigenvalue weighted by molar-refractivity contribution is -0.125. The molecular formula is C18H17N3OS2. The molecule has 1 saturated heterocycles. The van der Waals surface area contributed by atoms with Gasteiger partial charge < -0.3 is 0 Å². The number of carbonyl (C=O) groups excluding carboxylic acids is 1. The van der Waals surface area contributed by atoms with Crippen molar-refractivity contribution in [1.82, 2.24) is 4.90 Å². The van der Waals surface area contributed by atoms with Gasteiger partial charge in [0.2, 0.25) is 5.91 Å². The predicted molar refractivity (Wildman–Crippen MR) is 103 cm³/mol. The van der Waals surface area contributed by atoms with Crippen LogP contribution in [-0.2, 0) is 11.2 Å². The second-order valence-corrected chi connectivity index (χ2v) is 7.33. The minimum Gasteiger partial charge on any atom is -0.285 e. The Morgan fingerprint density at radius 3 is 2.75 bits per heavy atom. The first-order chi connectivity index (χ1) is 11.8. The largest absolute Gasteiger partial charge is 0.285 e. The normalized spacial score (nSPS) is 19.5. The molecule has 1 fully saturated rings. The monoisotopic (exact) mass is 355 g/mol. The minimum absolute atomic E-state index is 0.0637. The van der Waals surface area contributed by atoms with Crippen molar-refractivity contribution in [2.24, 2.45) is 10.2 Å². The molecule has 1 aliphatic rings. The maximum atomic E-state index is 12.6. The van der Waals surface area contributed by atoms with Crippen LogP contribution in [0.4, 0.5) is 0 Å². The Morgan fingerprint density at radius 2 is 2.04 bits per heavy atom. The fourth-order valence-corrected chi connectivity index (χ4v) is 4.06. The minimum atomic E-state index is -0.164. The average molecular weight is 355 g/mol. The van der Waals surface area contributed by atoms with Crippen molar-refractivity contribution in [1.29, 1.82) is 0 Å². The lowest BCUT2D eigenvalue weighted by atomic mass is 10.1. The third-order valence-electron chi connectivity index (χ3n) is 3.47. The number of hydrogen-bond acceptors (Lipinski definition) is 5. The quantitative estimate of drug-likeness (QED) is 0.449. The summed E-state index contributed by atoms with van der Waals surface area (Å²) in [4.78, 5) is 15.3. The fourth-order valence-electron chi connectivity index (χ4n) is 2.34. The van der Waals surface area contributed by atoms with Crippen molar-refractivity contribution in [3.63, 3.8) is 0 Å². The number of thiophene rings is 1. The Morgan fingerprint density at radius 1 is 1.21 bits per heavy atom. The van der Waals surface area contributed by atoms with Crippen molar-refractivity contribution in [3.8, 4) is 0 Å². The molecule has 1 aliphatic heterocycles. The van der Waals surface area contributed by atoms with Crippen molar-refractivity contribution in [2.75, 3.05) is 6.54 Å². The highest BCUT2D eigenvalue weighted by molar-refractivity contribution is 8.15. The lowest BCUT2D eigenvalue weighted by Gasteiger charge is -2.12. The van der Waals surface area contributed by atoms with E-state index in [0.717, 1.165) is 10.4 Å². The maximum absolute atomic E-state index is 12.6. The third kappa shape index (κ3) is 4.01. The third-order valence-corrected chi connectivity index (χ3v) is 5.44. The van der Waals surface area contributed by atoms with Gasteiger partial charge in [0, 0.05) is 11.4 Å². The molecule has 0 radical (unpaired) electrons. The van der Waals surface area contributed by atoms with Gasteiger partial charge in [0.25, 0.3) is 0 Å². The number of amides is 1. The van der Waals surface area contributed by atoms with Gasteiger partial charge in [0.05, 0.1) is 11.5 Å². The standard InChI is InChI=1S/C18H17N3OS2/c1-2-10-21-17(22)16(12-14-7-4-3-5-8-14)24-18(21)20-19-13-15-9-6-11-23-15/h2-9,11,13,16H,1,10,12H2/t16-/m0/s1. The van der Waals surface area contributed by atoms with Crippen molar-refractivity contribution in [3.05, 3.63) is 70.9 Å². The average Bonchev–Trinajstić information content (AvgIpc) is 3.20. The molecule has 1 aromatic heterocycles. The van der Waals surface area contributed by atoms with Crippen LogP contribution < -0.4 is 0 Å². The smallest absolute Gasteiger partial charge is 0.242 e. The molecule has 1 amide bonds. The van der Waals surface area contributed by atoms with Crippen LogP contribution in [0, 0.1) is 0 Å². The van der Waals surface area contributed by atoms with E-state index in [2.05, 4.69) is 16.8 Å². The van der Waals surface area contributed by atoms with Crippen LogP contribution in [0.1, 0.15) is 10.4 Å². The van der Waals surface area contributed by atoms with Gasteiger partial charge in [0.1, 0.15) is 0 Å². The number of thioether (sulfide) groups is 1. The Balaban J connectivity index is 1.75. The van der Waals surface area contributed by atoms with E-state index >= 15 is 0 Å². The van der Waals surface area contributed by atoms with Crippen LogP contribution in [-0.4, -0.2) is 34.0 Å². The van der Waals surface area contributed by atoms with E-state index in [0.29, 0.717) is 18.1 Å². The van der Waals surface area contributed by atoms with E-state index in [1.807, 2.05) is 47.8 Å². The molecule has 0 bridgehead atoms. The zero-order valence-corrected chi connectivity index (χ0v) is 14.7. The first-order valence-corrected chi connectivity index (χ1v) is 9.31. The topological polar surface area (TPSA) is 45.0 Å². The van der Waals surface area contributed by atoms with Crippen LogP contribution in [0.15, 0.2) is 70.7 Å². The molecule has 3 rings (SSSR count). The van der Waals surface area contributed by atoms with Gasteiger partial charge >= 0.3 is 0 Å². The highest BCUT2D eigenvalue weighted by Crippen LogP contribution is 2.30. The van der Waals surface area contributed by atoms with E-state index in [1.165, 1.54) is 11.8 Å². The second kappa shape index (κ2) is 8.08. The zero-order chi connectivity index (χ0) is 16.8. The second-order valence-electron chi connectivity index (χ2n) is 5.18. The number of nitrogens with zero attached hydrogens (tertiary/aromatic N) is 3. The Kier molecular flexibility index (Phi) is 5.61. The predicted octanol–water partition coefficient (Wildman–Crippen LogP) is 3.81. The van der Waals surface area contributed by atoms with Gasteiger partial charge in [-0.25, -0.2) is 0 Å². The summed E-state index contributed by atoms with van der Waals surface area (Å²) >= 11 is 3.06. The molecule has 0 spiro atoms. The highest BCUT2D eigenvalue weighted by atomic mass is 32.2. The number of amidine groups is 1. The molecule has 0 unspecified atom stereocenters. The van der Waals surface area contributed by atoms with Crippen LogP contribution in [0.25, 0.3) is 0 Å². The summed E-state index contributed by atoms with van der Waals surface area (Å²) in [6.07, 6.45) is 4.10. The van der Waals surface area contributed by atoms with Crippen LogP contribution in [0.3, 0.4) is 0 Å². The summed E-state index contributed by atoms with van der Waals surface area (Å²) in [6, 6.07) is 14.0. The number of carbonyl (C=O) groups is 1. The fraction of sp³-hybridized carbons (Fsp3) is 0.167. The number of benzene rings is 1. The molecule has 1 aromatic carbocycles. The molecule has 4 nitrogen and oxygen atoms in total. The number of hydrogen-bond donors (Lipinski definition) is 0. The Labute approximate surface area is 149 Å². The van der Waals surface area contributed by atoms with Crippen LogP contribution in [0.5, 0.6) is 0 Å². The molecule has 122 valence electrons. The van der Waals surface area contributed by atoms with E-state index in [9.17, 15) is 4.79 Å². The molecule has 2 heterocycles. The molecule has 0 saturated carbocycles. The summed E-state index contributed by atoms with van der Waals surface area (Å²) < 4.78 is 0. The van der Waals surface area contributed by atoms with Crippen LogP contribution >= 0.6 is 23.1 Å². The van der Waals surface area contributed by atoms with Gasteiger partial charge in [-0.3, -0.25) is 9.69 Å². The molecule has 24 heavy (non-hydrogen) atoms. The lowest BCUT2D eigenvalue weighted by Crippen LogP contribution is -2.32. The van der Waals surface area contributed by atoms with E-state index in [4.69, 9.17) is 0 Å². The summed E-state index contributed by atoms with van der Waals surface area (Å²) in [5.41, 5.74) is 1.14. The molecule has 0 aliphatic carbocycles. The molecule has 6 heteroatoms. The first kappa shape index (κ1) is 16.7. The van der Waals surface area contributed by atoms with E-state index in [-0.39, 0.29) is 11.2 Å². The summed E-state index contributed by atoms with van der Waals surface area (Å²) in [6.45, 7) is 4.18. The molecular weight excluding hydrogens is 338 g/mol. The summed E-state index contributed by atoms with van der Waals surface area (Å²) in [5, 5.41) is 10.8. The van der Waals surface area contributed by atoms with Crippen molar-refractivity contribution >= 4 is 40.4 Å². The highest BCUT2D eigenvalue weighted by Gasteiger charge is 2.37. The van der Waals surface area contributed by atoms with Gasteiger partial charge in [-0.2, -0.15) is 5.10 Å². The molecule has 2 aromatic rings. The van der Waals surface area contributed by atoms with Gasteiger partial charge in [-0.1, -0.05) is 54.2 Å². The zero-order valence-electron chi connectivity index (χ0n) is 13.0. The van der Waals surface area contributed by atoms with Gasteiger partial charge in [-0.05, 0) is 23.4 Å². The van der Waals surface area contributed by atoms with E-state index in [1.54, 1.807) is 28.5 Å². The Hall–Kier alpha value is -2.18. The summed E-state index contributed by atoms with van der Waals surface area (Å²) in [5.74, 6) is 0.0637. The molecule has 0 N–H and O–H groups in total. The SMILES string of the molecule is C=CCN1C(=O)[C@H](Cc2ccccc2)SC1=NN=Cc1cccs1. The van der Waals surface area contributed by atoms with Gasteiger partial charge in [-0.15, -0.1) is 23.0 Å². The van der Waals surface area contributed by atoms with Crippen molar-refractivity contribution in [2.45, 2.75) is 11.7 Å². The summed E-state index contributed by atoms with van der Waals surface area (Å²) in [7, 11) is 0. The van der Waals surface area contributed by atoms with Crippen LogP contribution in [0.2, 0.25) is 0 Å².